The van der Waals surface area contributed by atoms with E-state index in [1.807, 2.05) is 37.2 Å². The summed E-state index contributed by atoms with van der Waals surface area (Å²) < 4.78 is 5.98. The Bertz CT molecular complexity index is 689. The number of pyridine rings is 1. The summed E-state index contributed by atoms with van der Waals surface area (Å²) in [7, 11) is 1.82. The minimum absolute atomic E-state index is 0.0566. The molecule has 1 N–H and O–H groups in total. The Balaban J connectivity index is 1.60. The van der Waals surface area contributed by atoms with Gasteiger partial charge in [0.25, 0.3) is 5.91 Å². The number of aryl methyl sites for hydroxylation is 1. The lowest BCUT2D eigenvalue weighted by Gasteiger charge is -2.32. The van der Waals surface area contributed by atoms with Crippen molar-refractivity contribution in [2.24, 2.45) is 0 Å². The highest BCUT2D eigenvalue weighted by molar-refractivity contribution is 7.17. The van der Waals surface area contributed by atoms with Gasteiger partial charge in [-0.05, 0) is 31.4 Å². The third-order valence-electron chi connectivity index (χ3n) is 4.08. The molecule has 0 aromatic carbocycles. The van der Waals surface area contributed by atoms with Gasteiger partial charge < -0.3 is 15.0 Å². The Labute approximate surface area is 145 Å². The van der Waals surface area contributed by atoms with Gasteiger partial charge in [-0.2, -0.15) is 0 Å². The topological polar surface area (TPSA) is 67.4 Å². The lowest BCUT2D eigenvalue weighted by Crippen LogP contribution is -2.43. The molecule has 0 spiro atoms. The van der Waals surface area contributed by atoms with Crippen LogP contribution in [0, 0.1) is 6.92 Å². The van der Waals surface area contributed by atoms with Gasteiger partial charge in [0.1, 0.15) is 4.88 Å². The van der Waals surface area contributed by atoms with Gasteiger partial charge >= 0.3 is 0 Å². The van der Waals surface area contributed by atoms with E-state index in [0.717, 1.165) is 35.8 Å². The minimum Gasteiger partial charge on any atom is -0.372 e. The first kappa shape index (κ1) is 16.9. The second-order valence-electron chi connectivity index (χ2n) is 5.87. The minimum atomic E-state index is 0.0566. The smallest absolute Gasteiger partial charge is 0.266 e. The van der Waals surface area contributed by atoms with Crippen LogP contribution in [0.4, 0.5) is 5.13 Å². The van der Waals surface area contributed by atoms with Crippen LogP contribution >= 0.6 is 11.3 Å². The van der Waals surface area contributed by atoms with E-state index in [4.69, 9.17) is 4.74 Å². The number of ether oxygens (including phenoxy) is 1. The fourth-order valence-corrected chi connectivity index (χ4v) is 3.69. The lowest BCUT2D eigenvalue weighted by molar-refractivity contribution is -0.00670. The second kappa shape index (κ2) is 7.72. The number of rotatable bonds is 5. The Kier molecular flexibility index (Phi) is 5.42. The molecule has 2 aromatic heterocycles. The van der Waals surface area contributed by atoms with E-state index in [1.54, 1.807) is 6.20 Å². The number of carbonyl (C=O) groups is 1. The van der Waals surface area contributed by atoms with Crippen LogP contribution in [-0.4, -0.2) is 47.0 Å². The van der Waals surface area contributed by atoms with Crippen LogP contribution in [0.25, 0.3) is 0 Å². The molecule has 3 rings (SSSR count). The molecule has 24 heavy (non-hydrogen) atoms. The molecule has 0 bridgehead atoms. The highest BCUT2D eigenvalue weighted by atomic mass is 32.1. The summed E-state index contributed by atoms with van der Waals surface area (Å²) in [5.41, 5.74) is 1.84. The fourth-order valence-electron chi connectivity index (χ4n) is 2.80. The van der Waals surface area contributed by atoms with Crippen molar-refractivity contribution in [3.8, 4) is 0 Å². The summed E-state index contributed by atoms with van der Waals surface area (Å²) in [5.74, 6) is 0.0566. The molecule has 1 aliphatic heterocycles. The van der Waals surface area contributed by atoms with Gasteiger partial charge in [-0.15, -0.1) is 0 Å². The first-order valence-corrected chi connectivity index (χ1v) is 8.94. The summed E-state index contributed by atoms with van der Waals surface area (Å²) in [5, 5.41) is 3.77. The van der Waals surface area contributed by atoms with E-state index < -0.39 is 0 Å². The van der Waals surface area contributed by atoms with E-state index in [-0.39, 0.29) is 12.0 Å². The quantitative estimate of drug-likeness (QED) is 0.902. The molecule has 1 aliphatic rings. The number of amides is 1. The van der Waals surface area contributed by atoms with Gasteiger partial charge in [-0.3, -0.25) is 9.78 Å². The highest BCUT2D eigenvalue weighted by Gasteiger charge is 2.27. The third-order valence-corrected chi connectivity index (χ3v) is 5.24. The van der Waals surface area contributed by atoms with Gasteiger partial charge in [0, 0.05) is 32.5 Å². The average molecular weight is 346 g/mol. The molecular formula is C17H22N4O2S. The Morgan fingerprint density at radius 1 is 1.54 bits per heavy atom. The maximum Gasteiger partial charge on any atom is 0.266 e. The SMILES string of the molecule is CNc1nc(C)c(C(=O)N2CCC[C@H](OCc3cccnc3)C2)s1. The molecule has 3 heterocycles. The molecule has 0 unspecified atom stereocenters. The monoisotopic (exact) mass is 346 g/mol. The molecule has 0 radical (unpaired) electrons. The number of anilines is 1. The number of thiazole rings is 1. The summed E-state index contributed by atoms with van der Waals surface area (Å²) in [4.78, 5) is 23.8. The van der Waals surface area contributed by atoms with Gasteiger partial charge in [0.2, 0.25) is 0 Å². The van der Waals surface area contributed by atoms with Crippen molar-refractivity contribution >= 4 is 22.4 Å². The maximum absolute atomic E-state index is 12.8. The summed E-state index contributed by atoms with van der Waals surface area (Å²) >= 11 is 1.41. The zero-order chi connectivity index (χ0) is 16.9. The molecule has 0 saturated carbocycles. The van der Waals surface area contributed by atoms with Crippen LogP contribution in [-0.2, 0) is 11.3 Å². The maximum atomic E-state index is 12.8. The summed E-state index contributed by atoms with van der Waals surface area (Å²) in [6.45, 7) is 3.82. The molecule has 7 heteroatoms. The van der Waals surface area contributed by atoms with Crippen LogP contribution in [0.15, 0.2) is 24.5 Å². The van der Waals surface area contributed by atoms with E-state index in [9.17, 15) is 4.79 Å². The Morgan fingerprint density at radius 3 is 3.12 bits per heavy atom. The number of hydrogen-bond acceptors (Lipinski definition) is 6. The number of hydrogen-bond donors (Lipinski definition) is 1. The van der Waals surface area contributed by atoms with E-state index >= 15 is 0 Å². The van der Waals surface area contributed by atoms with Crippen molar-refractivity contribution in [1.29, 1.82) is 0 Å². The predicted molar refractivity (Wildman–Crippen MR) is 94.3 cm³/mol. The van der Waals surface area contributed by atoms with Crippen LogP contribution < -0.4 is 5.32 Å². The van der Waals surface area contributed by atoms with Crippen molar-refractivity contribution < 1.29 is 9.53 Å². The van der Waals surface area contributed by atoms with Crippen molar-refractivity contribution in [3.05, 3.63) is 40.7 Å². The molecule has 6 nitrogen and oxygen atoms in total. The van der Waals surface area contributed by atoms with Crippen molar-refractivity contribution in [2.45, 2.75) is 32.5 Å². The summed E-state index contributed by atoms with van der Waals surface area (Å²) in [6, 6.07) is 3.90. The van der Waals surface area contributed by atoms with E-state index in [2.05, 4.69) is 15.3 Å². The Morgan fingerprint density at radius 2 is 2.42 bits per heavy atom. The highest BCUT2D eigenvalue weighted by Crippen LogP contribution is 2.25. The van der Waals surface area contributed by atoms with Crippen LogP contribution in [0.5, 0.6) is 0 Å². The Hall–Kier alpha value is -1.99. The molecule has 1 atom stereocenters. The number of piperidine rings is 1. The third kappa shape index (κ3) is 3.91. The normalized spacial score (nSPS) is 17.8. The first-order chi connectivity index (χ1) is 11.7. The molecule has 128 valence electrons. The summed E-state index contributed by atoms with van der Waals surface area (Å²) in [6.07, 6.45) is 5.57. The number of aromatic nitrogens is 2. The fraction of sp³-hybridized carbons (Fsp3) is 0.471. The van der Waals surface area contributed by atoms with Gasteiger partial charge in [-0.1, -0.05) is 17.4 Å². The van der Waals surface area contributed by atoms with Crippen LogP contribution in [0.3, 0.4) is 0 Å². The molecular weight excluding hydrogens is 324 g/mol. The average Bonchev–Trinajstić information content (AvgIpc) is 3.01. The van der Waals surface area contributed by atoms with Crippen molar-refractivity contribution in [3.63, 3.8) is 0 Å². The molecule has 1 amide bonds. The van der Waals surface area contributed by atoms with Gasteiger partial charge in [0.05, 0.1) is 18.4 Å². The molecule has 0 aliphatic carbocycles. The number of carbonyl (C=O) groups excluding carboxylic acids is 1. The number of nitrogens with zero attached hydrogens (tertiary/aromatic N) is 3. The van der Waals surface area contributed by atoms with Crippen LogP contribution in [0.1, 0.15) is 33.8 Å². The van der Waals surface area contributed by atoms with Gasteiger partial charge in [-0.25, -0.2) is 4.98 Å². The number of nitrogens with one attached hydrogen (secondary N) is 1. The van der Waals surface area contributed by atoms with Crippen molar-refractivity contribution in [1.82, 2.24) is 14.9 Å². The molecule has 1 saturated heterocycles. The first-order valence-electron chi connectivity index (χ1n) is 8.12. The van der Waals surface area contributed by atoms with Crippen molar-refractivity contribution in [2.75, 3.05) is 25.5 Å². The lowest BCUT2D eigenvalue weighted by atomic mass is 10.1. The van der Waals surface area contributed by atoms with Crippen LogP contribution in [0.2, 0.25) is 0 Å². The zero-order valence-electron chi connectivity index (χ0n) is 14.0. The standard InChI is InChI=1S/C17H22N4O2S/c1-12-15(24-17(18-2)20-12)16(22)21-8-4-6-14(10-21)23-11-13-5-3-7-19-9-13/h3,5,7,9,14H,4,6,8,10-11H2,1-2H3,(H,18,20)/t14-/m0/s1. The predicted octanol–water partition coefficient (Wildman–Crippen LogP) is 2.71. The zero-order valence-corrected chi connectivity index (χ0v) is 14.8. The largest absolute Gasteiger partial charge is 0.372 e. The van der Waals surface area contributed by atoms with E-state index in [0.29, 0.717) is 18.0 Å². The van der Waals surface area contributed by atoms with E-state index in [1.165, 1.54) is 11.3 Å². The second-order valence-corrected chi connectivity index (χ2v) is 6.87. The molecule has 1 fully saturated rings. The molecule has 2 aromatic rings. The number of likely N-dealkylation sites (tertiary alicyclic amines) is 1. The van der Waals surface area contributed by atoms with Gasteiger partial charge in [0.15, 0.2) is 5.13 Å².